The molecule has 1 N–H and O–H groups in total. The molecule has 0 unspecified atom stereocenters. The predicted molar refractivity (Wildman–Crippen MR) is 184 cm³/mol. The number of rotatable bonds is 14. The lowest BCUT2D eigenvalue weighted by atomic mass is 10.0. The highest BCUT2D eigenvalue weighted by molar-refractivity contribution is 7.92. The van der Waals surface area contributed by atoms with E-state index in [4.69, 9.17) is 27.9 Å². The normalized spacial score (nSPS) is 12.0. The molecular weight excluding hydrogens is 645 g/mol. The lowest BCUT2D eigenvalue weighted by Gasteiger charge is -2.34. The standard InChI is InChI=1S/C35H37Cl2N3O5S/c1-25(2)38-35(42)33(21-26-10-6-4-7-11-26)39(22-28-14-19-31(36)32(37)20-28)34(41)23-40(46(3,43)44)29-15-17-30(18-16-29)45-24-27-12-8-5-9-13-27/h4-20,25,33H,21-24H2,1-3H3,(H,38,42)/t33-/m1/s1. The zero-order valence-electron chi connectivity index (χ0n) is 25.9. The largest absolute Gasteiger partial charge is 0.489 e. The van der Waals surface area contributed by atoms with E-state index in [1.165, 1.54) is 4.90 Å². The Morgan fingerprint density at radius 2 is 1.41 bits per heavy atom. The number of benzene rings is 4. The molecule has 1 atom stereocenters. The first-order chi connectivity index (χ1) is 21.9. The van der Waals surface area contributed by atoms with E-state index in [1.54, 1.807) is 42.5 Å². The van der Waals surface area contributed by atoms with Crippen LogP contribution in [0.3, 0.4) is 0 Å². The average molecular weight is 683 g/mol. The molecule has 0 heterocycles. The Kier molecular flexibility index (Phi) is 12.1. The zero-order valence-corrected chi connectivity index (χ0v) is 28.2. The van der Waals surface area contributed by atoms with E-state index in [-0.39, 0.29) is 30.6 Å². The van der Waals surface area contributed by atoms with E-state index in [2.05, 4.69) is 5.32 Å². The topological polar surface area (TPSA) is 96.0 Å². The van der Waals surface area contributed by atoms with Gasteiger partial charge in [-0.2, -0.15) is 0 Å². The molecule has 8 nitrogen and oxygen atoms in total. The quantitative estimate of drug-likeness (QED) is 0.164. The lowest BCUT2D eigenvalue weighted by molar-refractivity contribution is -0.140. The van der Waals surface area contributed by atoms with Crippen molar-refractivity contribution >= 4 is 50.7 Å². The van der Waals surface area contributed by atoms with Crippen molar-refractivity contribution in [2.45, 2.75) is 45.5 Å². The molecule has 4 aromatic rings. The number of sulfonamides is 1. The molecule has 0 spiro atoms. The van der Waals surface area contributed by atoms with Gasteiger partial charge in [-0.3, -0.25) is 13.9 Å². The van der Waals surface area contributed by atoms with Gasteiger partial charge in [0.1, 0.15) is 24.9 Å². The summed E-state index contributed by atoms with van der Waals surface area (Å²) in [6, 6.07) is 29.3. The van der Waals surface area contributed by atoms with Crippen LogP contribution in [0.15, 0.2) is 103 Å². The SMILES string of the molecule is CC(C)NC(=O)[C@@H](Cc1ccccc1)N(Cc1ccc(Cl)c(Cl)c1)C(=O)CN(c1ccc(OCc2ccccc2)cc1)S(C)(=O)=O. The van der Waals surface area contributed by atoms with Crippen molar-refractivity contribution in [3.8, 4) is 5.75 Å². The molecule has 0 aromatic heterocycles. The molecule has 11 heteroatoms. The molecule has 242 valence electrons. The Morgan fingerprint density at radius 3 is 1.98 bits per heavy atom. The molecule has 0 saturated carbocycles. The van der Waals surface area contributed by atoms with E-state index < -0.39 is 28.5 Å². The van der Waals surface area contributed by atoms with Crippen molar-refractivity contribution < 1.29 is 22.7 Å². The van der Waals surface area contributed by atoms with E-state index in [0.717, 1.165) is 21.7 Å². The zero-order chi connectivity index (χ0) is 33.3. The van der Waals surface area contributed by atoms with Crippen LogP contribution in [-0.2, 0) is 39.2 Å². The molecule has 0 bridgehead atoms. The second-order valence-corrected chi connectivity index (χ2v) is 13.9. The van der Waals surface area contributed by atoms with Crippen LogP contribution in [0, 0.1) is 0 Å². The number of amides is 2. The van der Waals surface area contributed by atoms with Gasteiger partial charge < -0.3 is 15.0 Å². The first kappa shape index (κ1) is 34.8. The van der Waals surface area contributed by atoms with Crippen LogP contribution in [0.25, 0.3) is 0 Å². The predicted octanol–water partition coefficient (Wildman–Crippen LogP) is 6.50. The highest BCUT2D eigenvalue weighted by Crippen LogP contribution is 2.26. The van der Waals surface area contributed by atoms with Gasteiger partial charge in [-0.25, -0.2) is 8.42 Å². The van der Waals surface area contributed by atoms with Crippen LogP contribution in [0.2, 0.25) is 10.0 Å². The van der Waals surface area contributed by atoms with E-state index in [9.17, 15) is 18.0 Å². The van der Waals surface area contributed by atoms with Crippen LogP contribution in [0.5, 0.6) is 5.75 Å². The van der Waals surface area contributed by atoms with Crippen molar-refractivity contribution in [1.82, 2.24) is 10.2 Å². The highest BCUT2D eigenvalue weighted by atomic mass is 35.5. The summed E-state index contributed by atoms with van der Waals surface area (Å²) in [5.74, 6) is -0.388. The lowest BCUT2D eigenvalue weighted by Crippen LogP contribution is -2.54. The van der Waals surface area contributed by atoms with Crippen LogP contribution >= 0.6 is 23.2 Å². The maximum absolute atomic E-state index is 14.2. The monoisotopic (exact) mass is 681 g/mol. The number of carbonyl (C=O) groups is 2. The Bertz CT molecular complexity index is 1720. The number of nitrogens with zero attached hydrogens (tertiary/aromatic N) is 2. The molecular formula is C35H37Cl2N3O5S. The van der Waals surface area contributed by atoms with Crippen molar-refractivity contribution in [2.75, 3.05) is 17.1 Å². The minimum atomic E-state index is -3.92. The van der Waals surface area contributed by atoms with Gasteiger partial charge in [0.05, 0.1) is 22.0 Å². The first-order valence-corrected chi connectivity index (χ1v) is 17.3. The number of hydrogen-bond donors (Lipinski definition) is 1. The highest BCUT2D eigenvalue weighted by Gasteiger charge is 2.33. The Balaban J connectivity index is 1.65. The summed E-state index contributed by atoms with van der Waals surface area (Å²) in [6.45, 7) is 3.47. The van der Waals surface area contributed by atoms with Crippen molar-refractivity contribution in [3.63, 3.8) is 0 Å². The fourth-order valence-corrected chi connectivity index (χ4v) is 6.00. The Labute approximate surface area is 280 Å². The van der Waals surface area contributed by atoms with Gasteiger partial charge in [-0.05, 0) is 66.9 Å². The smallest absolute Gasteiger partial charge is 0.244 e. The first-order valence-electron chi connectivity index (χ1n) is 14.7. The molecule has 2 amide bonds. The molecule has 0 aliphatic carbocycles. The third kappa shape index (κ3) is 9.97. The van der Waals surface area contributed by atoms with Gasteiger partial charge in [-0.1, -0.05) is 89.9 Å². The molecule has 0 saturated heterocycles. The second kappa shape index (κ2) is 16.0. The molecule has 0 aliphatic rings. The fourth-order valence-electron chi connectivity index (χ4n) is 4.83. The summed E-state index contributed by atoms with van der Waals surface area (Å²) in [4.78, 5) is 29.3. The number of anilines is 1. The number of carbonyl (C=O) groups excluding carboxylic acids is 2. The van der Waals surface area contributed by atoms with E-state index in [0.29, 0.717) is 28.0 Å². The number of halogens is 2. The summed E-state index contributed by atoms with van der Waals surface area (Å²) in [5.41, 5.74) is 2.74. The number of ether oxygens (including phenoxy) is 1. The van der Waals surface area contributed by atoms with Crippen molar-refractivity contribution in [3.05, 3.63) is 130 Å². The number of nitrogens with one attached hydrogen (secondary N) is 1. The molecule has 4 rings (SSSR count). The van der Waals surface area contributed by atoms with Gasteiger partial charge in [0.15, 0.2) is 0 Å². The Hall–Kier alpha value is -4.05. The van der Waals surface area contributed by atoms with Gasteiger partial charge in [0.2, 0.25) is 21.8 Å². The Morgan fingerprint density at radius 1 is 0.804 bits per heavy atom. The summed E-state index contributed by atoms with van der Waals surface area (Å²) in [5, 5.41) is 3.57. The fraction of sp³-hybridized carbons (Fsp3) is 0.257. The third-order valence-corrected chi connectivity index (χ3v) is 8.97. The van der Waals surface area contributed by atoms with E-state index in [1.807, 2.05) is 74.5 Å². The minimum Gasteiger partial charge on any atom is -0.489 e. The molecule has 0 aliphatic heterocycles. The second-order valence-electron chi connectivity index (χ2n) is 11.2. The van der Waals surface area contributed by atoms with E-state index >= 15 is 0 Å². The van der Waals surface area contributed by atoms with Gasteiger partial charge in [-0.15, -0.1) is 0 Å². The minimum absolute atomic E-state index is 0.0113. The molecule has 0 radical (unpaired) electrons. The summed E-state index contributed by atoms with van der Waals surface area (Å²) >= 11 is 12.4. The van der Waals surface area contributed by atoms with Crippen LogP contribution in [0.4, 0.5) is 5.69 Å². The van der Waals surface area contributed by atoms with Gasteiger partial charge >= 0.3 is 0 Å². The summed E-state index contributed by atoms with van der Waals surface area (Å²) < 4.78 is 33.0. The average Bonchev–Trinajstić information content (AvgIpc) is 3.02. The van der Waals surface area contributed by atoms with Gasteiger partial charge in [0.25, 0.3) is 0 Å². The molecule has 46 heavy (non-hydrogen) atoms. The summed E-state index contributed by atoms with van der Waals surface area (Å²) in [7, 11) is -3.92. The third-order valence-electron chi connectivity index (χ3n) is 7.09. The van der Waals surface area contributed by atoms with Crippen LogP contribution < -0.4 is 14.4 Å². The number of hydrogen-bond acceptors (Lipinski definition) is 5. The summed E-state index contributed by atoms with van der Waals surface area (Å²) in [6.07, 6.45) is 1.25. The molecule has 4 aromatic carbocycles. The van der Waals surface area contributed by atoms with Crippen molar-refractivity contribution in [2.24, 2.45) is 0 Å². The van der Waals surface area contributed by atoms with Gasteiger partial charge in [0, 0.05) is 19.0 Å². The van der Waals surface area contributed by atoms with Crippen LogP contribution in [-0.4, -0.2) is 50.0 Å². The molecule has 0 fully saturated rings. The van der Waals surface area contributed by atoms with Crippen LogP contribution in [0.1, 0.15) is 30.5 Å². The maximum atomic E-state index is 14.2. The maximum Gasteiger partial charge on any atom is 0.244 e. The van der Waals surface area contributed by atoms with Crippen molar-refractivity contribution in [1.29, 1.82) is 0 Å².